The van der Waals surface area contributed by atoms with Gasteiger partial charge in [-0.2, -0.15) is 10.2 Å². The van der Waals surface area contributed by atoms with Crippen molar-refractivity contribution in [3.05, 3.63) is 108 Å². The Kier molecular flexibility index (Phi) is 13.7. The van der Waals surface area contributed by atoms with Gasteiger partial charge in [0.25, 0.3) is 0 Å². The zero-order chi connectivity index (χ0) is 38.5. The molecule has 56 heavy (non-hydrogen) atoms. The largest absolute Gasteiger partial charge is 0.381 e. The van der Waals surface area contributed by atoms with Gasteiger partial charge in [0.2, 0.25) is 0 Å². The van der Waals surface area contributed by atoms with Crippen molar-refractivity contribution in [2.75, 3.05) is 37.1 Å². The lowest BCUT2D eigenvalue weighted by Crippen LogP contribution is -2.29. The summed E-state index contributed by atoms with van der Waals surface area (Å²) in [6, 6.07) is 21.9. The minimum atomic E-state index is 0.222. The first-order valence-corrected chi connectivity index (χ1v) is 20.3. The van der Waals surface area contributed by atoms with Gasteiger partial charge in [-0.15, -0.1) is 0 Å². The van der Waals surface area contributed by atoms with Crippen molar-refractivity contribution in [2.45, 2.75) is 97.2 Å². The molecule has 3 N–H and O–H groups in total. The van der Waals surface area contributed by atoms with Gasteiger partial charge in [-0.05, 0) is 57.1 Å². The van der Waals surface area contributed by atoms with Gasteiger partial charge in [-0.3, -0.25) is 4.99 Å². The van der Waals surface area contributed by atoms with Gasteiger partial charge in [-0.25, -0.2) is 19.3 Å². The van der Waals surface area contributed by atoms with E-state index in [0.717, 1.165) is 111 Å². The number of pyridine rings is 2. The quantitative estimate of drug-likeness (QED) is 0.0950. The molecule has 1 atom stereocenters. The highest BCUT2D eigenvalue weighted by Gasteiger charge is 2.23. The molecule has 0 bridgehead atoms. The third-order valence-electron chi connectivity index (χ3n) is 10.7. The number of aromatic nitrogens is 6. The molecule has 0 spiro atoms. The summed E-state index contributed by atoms with van der Waals surface area (Å²) in [5, 5.41) is 22.5. The van der Waals surface area contributed by atoms with E-state index < -0.39 is 0 Å². The van der Waals surface area contributed by atoms with E-state index in [1.165, 1.54) is 22.4 Å². The fourth-order valence-electron chi connectivity index (χ4n) is 7.47. The van der Waals surface area contributed by atoms with Crippen LogP contribution in [0, 0.1) is 0 Å². The van der Waals surface area contributed by atoms with E-state index >= 15 is 0 Å². The topological polar surface area (TPSA) is 128 Å². The molecular formula is C44H56N10O2. The number of hydrogen-bond donors (Lipinski definition) is 3. The van der Waals surface area contributed by atoms with E-state index in [-0.39, 0.29) is 6.04 Å². The van der Waals surface area contributed by atoms with E-state index in [9.17, 15) is 0 Å². The highest BCUT2D eigenvalue weighted by molar-refractivity contribution is 6.00. The van der Waals surface area contributed by atoms with Crippen LogP contribution in [0.15, 0.2) is 90.4 Å². The molecule has 2 saturated heterocycles. The minimum Gasteiger partial charge on any atom is -0.381 e. The molecule has 12 nitrogen and oxygen atoms in total. The highest BCUT2D eigenvalue weighted by Crippen LogP contribution is 2.33. The number of aliphatic imine (C=N–C) groups is 1. The van der Waals surface area contributed by atoms with Crippen molar-refractivity contribution in [1.29, 1.82) is 0 Å². The van der Waals surface area contributed by atoms with Crippen LogP contribution in [-0.4, -0.2) is 74.3 Å². The van der Waals surface area contributed by atoms with Crippen LogP contribution in [0.4, 0.5) is 11.4 Å². The number of nitrogens with one attached hydrogen (secondary N) is 3. The Labute approximate surface area is 330 Å². The number of rotatable bonds is 14. The molecule has 0 amide bonds. The van der Waals surface area contributed by atoms with Gasteiger partial charge in [0.1, 0.15) is 0 Å². The van der Waals surface area contributed by atoms with Gasteiger partial charge in [-0.1, -0.05) is 67.6 Å². The number of fused-ring (bicyclic) bond motifs is 2. The average molecular weight is 757 g/mol. The summed E-state index contributed by atoms with van der Waals surface area (Å²) in [6.45, 7) is 12.8. The first-order valence-electron chi connectivity index (χ1n) is 20.3. The predicted molar refractivity (Wildman–Crippen MR) is 225 cm³/mol. The number of anilines is 2. The third-order valence-corrected chi connectivity index (χ3v) is 10.7. The van der Waals surface area contributed by atoms with Crippen molar-refractivity contribution in [3.8, 4) is 0 Å². The van der Waals surface area contributed by atoms with Crippen molar-refractivity contribution >= 4 is 39.7 Å². The second-order valence-electron chi connectivity index (χ2n) is 14.4. The van der Waals surface area contributed by atoms with Crippen LogP contribution < -0.4 is 16.0 Å². The third kappa shape index (κ3) is 9.61. The summed E-state index contributed by atoms with van der Waals surface area (Å²) in [4.78, 5) is 14.1. The number of ether oxygens (including phenoxy) is 2. The zero-order valence-electron chi connectivity index (χ0n) is 33.0. The van der Waals surface area contributed by atoms with E-state index in [0.29, 0.717) is 18.6 Å². The van der Waals surface area contributed by atoms with E-state index in [1.807, 2.05) is 58.6 Å². The number of nitrogens with zero attached hydrogens (tertiary/aromatic N) is 7. The molecule has 0 aliphatic carbocycles. The lowest BCUT2D eigenvalue weighted by atomic mass is 10.0. The van der Waals surface area contributed by atoms with Gasteiger partial charge in [0.15, 0.2) is 11.3 Å². The molecule has 2 aliphatic heterocycles. The summed E-state index contributed by atoms with van der Waals surface area (Å²) >= 11 is 0. The molecule has 6 aromatic rings. The Bertz CT molecular complexity index is 2140. The van der Waals surface area contributed by atoms with Gasteiger partial charge in [0, 0.05) is 93.9 Å². The number of benzene rings is 2. The monoisotopic (exact) mass is 756 g/mol. The maximum atomic E-state index is 5.55. The molecule has 8 rings (SSSR count). The molecule has 12 heteroatoms. The summed E-state index contributed by atoms with van der Waals surface area (Å²) in [7, 11) is 0. The van der Waals surface area contributed by atoms with Crippen LogP contribution in [0.1, 0.15) is 81.2 Å². The lowest BCUT2D eigenvalue weighted by Gasteiger charge is -2.28. The average Bonchev–Trinajstić information content (AvgIpc) is 3.89. The molecule has 4 aromatic heterocycles. The van der Waals surface area contributed by atoms with Crippen molar-refractivity contribution in [1.82, 2.24) is 34.8 Å². The van der Waals surface area contributed by atoms with Crippen molar-refractivity contribution < 1.29 is 9.47 Å². The first kappa shape index (κ1) is 39.1. The van der Waals surface area contributed by atoms with Crippen LogP contribution in [-0.2, 0) is 35.7 Å². The van der Waals surface area contributed by atoms with Gasteiger partial charge >= 0.3 is 0 Å². The normalized spacial score (nSPS) is 15.9. The number of hydrogen-bond acceptors (Lipinski definition) is 10. The standard InChI is InChI=1S/C23H31N5O.C21H25N5O/c1-3-21(24-14-17-8-6-5-7-9-17)19-15-25-23-20(16-26-28(23)4-2)22(19)27-18-10-12-29-13-11-18;1-2-26-21-19(15-24-26)20(25-18-8-10-27-11-9-18)17(14-23-21)13-22-12-16-6-4-3-5-7-16/h5-9,15-16,18,21,24H,3-4,10-14H2,1-2H3,(H,25,27);3-7,13-15,18H,2,8-12H2,1H3,(H,23,25). The van der Waals surface area contributed by atoms with E-state index in [2.05, 4.69) is 99.4 Å². The summed E-state index contributed by atoms with van der Waals surface area (Å²) < 4.78 is 14.9. The molecule has 0 saturated carbocycles. The fourth-order valence-corrected chi connectivity index (χ4v) is 7.47. The summed E-state index contributed by atoms with van der Waals surface area (Å²) in [5.74, 6) is 0. The van der Waals surface area contributed by atoms with Crippen LogP contribution >= 0.6 is 0 Å². The Morgan fingerprint density at radius 1 is 0.696 bits per heavy atom. The molecule has 1 unspecified atom stereocenters. The molecule has 2 aromatic carbocycles. The van der Waals surface area contributed by atoms with Crippen LogP contribution in [0.25, 0.3) is 22.1 Å². The molecule has 294 valence electrons. The molecule has 2 fully saturated rings. The van der Waals surface area contributed by atoms with Gasteiger partial charge < -0.3 is 25.4 Å². The molecule has 0 radical (unpaired) electrons. The molecular weight excluding hydrogens is 701 g/mol. The maximum absolute atomic E-state index is 5.55. The minimum absolute atomic E-state index is 0.222. The highest BCUT2D eigenvalue weighted by atomic mass is 16.5. The number of aryl methyl sites for hydroxylation is 2. The van der Waals surface area contributed by atoms with E-state index in [1.54, 1.807) is 0 Å². The zero-order valence-corrected chi connectivity index (χ0v) is 33.0. The summed E-state index contributed by atoms with van der Waals surface area (Å²) in [6.07, 6.45) is 14.8. The SMILES string of the molecule is CCC(NCc1ccccc1)c1cnc2c(cnn2CC)c1NC1CCOCC1.CCn1ncc2c(NC3CCOCC3)c(C=NCc3ccccc3)cnc21. The summed E-state index contributed by atoms with van der Waals surface area (Å²) in [5.41, 5.74) is 8.81. The molecule has 6 heterocycles. The lowest BCUT2D eigenvalue weighted by molar-refractivity contribution is 0.0903. The van der Waals surface area contributed by atoms with Crippen molar-refractivity contribution in [2.24, 2.45) is 4.99 Å². The smallest absolute Gasteiger partial charge is 0.159 e. The van der Waals surface area contributed by atoms with Crippen LogP contribution in [0.2, 0.25) is 0 Å². The van der Waals surface area contributed by atoms with Crippen LogP contribution in [0.3, 0.4) is 0 Å². The van der Waals surface area contributed by atoms with Crippen molar-refractivity contribution in [3.63, 3.8) is 0 Å². The first-order chi connectivity index (χ1) is 27.6. The second kappa shape index (κ2) is 19.6. The Morgan fingerprint density at radius 2 is 1.23 bits per heavy atom. The van der Waals surface area contributed by atoms with E-state index in [4.69, 9.17) is 14.5 Å². The Balaban J connectivity index is 0.000000172. The fraction of sp³-hybridized carbons (Fsp3) is 0.432. The maximum Gasteiger partial charge on any atom is 0.159 e. The van der Waals surface area contributed by atoms with Gasteiger partial charge in [0.05, 0.1) is 41.1 Å². The second-order valence-corrected chi connectivity index (χ2v) is 14.4. The Morgan fingerprint density at radius 3 is 1.80 bits per heavy atom. The Hall–Kier alpha value is -5.17. The molecule has 2 aliphatic rings. The predicted octanol–water partition coefficient (Wildman–Crippen LogP) is 7.94. The van der Waals surface area contributed by atoms with Crippen LogP contribution in [0.5, 0.6) is 0 Å².